The molecule has 0 aromatic heterocycles. The molecule has 2 aromatic rings. The fraction of sp³-hybridized carbons (Fsp3) is 0.174. The Bertz CT molecular complexity index is 1010. The van der Waals surface area contributed by atoms with Gasteiger partial charge in [-0.2, -0.15) is 0 Å². The van der Waals surface area contributed by atoms with E-state index in [1.165, 1.54) is 5.01 Å². The molecule has 7 heteroatoms. The number of hydrogen-bond acceptors (Lipinski definition) is 4. The highest BCUT2D eigenvalue weighted by molar-refractivity contribution is 6.36. The molecule has 0 unspecified atom stereocenters. The van der Waals surface area contributed by atoms with Crippen molar-refractivity contribution < 1.29 is 9.53 Å². The Labute approximate surface area is 192 Å². The van der Waals surface area contributed by atoms with Crippen molar-refractivity contribution in [1.82, 2.24) is 0 Å². The molecule has 0 aliphatic rings. The minimum atomic E-state index is -0.512. The topological polar surface area (TPSA) is 55.6 Å². The van der Waals surface area contributed by atoms with Gasteiger partial charge in [0.1, 0.15) is 0 Å². The van der Waals surface area contributed by atoms with E-state index in [9.17, 15) is 4.79 Å². The molecule has 0 fully saturated rings. The van der Waals surface area contributed by atoms with Crippen LogP contribution >= 0.6 is 34.8 Å². The third-order valence-corrected chi connectivity index (χ3v) is 5.16. The maximum atomic E-state index is 12.3. The van der Waals surface area contributed by atoms with Crippen molar-refractivity contribution in [3.05, 3.63) is 92.1 Å². The lowest BCUT2D eigenvalue weighted by atomic mass is 10.00. The van der Waals surface area contributed by atoms with Crippen LogP contribution in [0.1, 0.15) is 26.3 Å². The highest BCUT2D eigenvalue weighted by Gasteiger charge is 2.21. The number of nitrogens with zero attached hydrogens (tertiary/aromatic N) is 1. The lowest BCUT2D eigenvalue weighted by Crippen LogP contribution is -2.32. The van der Waals surface area contributed by atoms with Gasteiger partial charge in [0.25, 0.3) is 0 Å². The van der Waals surface area contributed by atoms with Crippen LogP contribution in [0.2, 0.25) is 15.1 Å². The SMILES string of the molecule is C=C(C(=O)OCC)/C(C)=C(/C(C)=C/c1ccc(Cl)cc1)N(N)c1ccc(Cl)cc1Cl. The van der Waals surface area contributed by atoms with E-state index in [1.54, 1.807) is 44.2 Å². The van der Waals surface area contributed by atoms with E-state index in [4.69, 9.17) is 45.4 Å². The lowest BCUT2D eigenvalue weighted by molar-refractivity contribution is -0.138. The number of rotatable bonds is 7. The zero-order valence-corrected chi connectivity index (χ0v) is 19.3. The van der Waals surface area contributed by atoms with Gasteiger partial charge in [-0.1, -0.05) is 53.5 Å². The highest BCUT2D eigenvalue weighted by atomic mass is 35.5. The molecule has 158 valence electrons. The molecular formula is C23H23Cl3N2O2. The molecule has 4 nitrogen and oxygen atoms in total. The van der Waals surface area contributed by atoms with Gasteiger partial charge in [0.15, 0.2) is 0 Å². The Balaban J connectivity index is 2.61. The van der Waals surface area contributed by atoms with Crippen LogP contribution in [0.15, 0.2) is 71.5 Å². The van der Waals surface area contributed by atoms with Crippen molar-refractivity contribution in [3.8, 4) is 0 Å². The maximum absolute atomic E-state index is 12.3. The third kappa shape index (κ3) is 5.89. The van der Waals surface area contributed by atoms with Gasteiger partial charge >= 0.3 is 5.97 Å². The van der Waals surface area contributed by atoms with Crippen LogP contribution < -0.4 is 10.9 Å². The fourth-order valence-corrected chi connectivity index (χ4v) is 3.48. The van der Waals surface area contributed by atoms with Crippen LogP contribution in [0.3, 0.4) is 0 Å². The van der Waals surface area contributed by atoms with Crippen molar-refractivity contribution in [2.24, 2.45) is 5.84 Å². The fourth-order valence-electron chi connectivity index (χ4n) is 2.86. The van der Waals surface area contributed by atoms with E-state index in [0.29, 0.717) is 32.0 Å². The average molecular weight is 466 g/mol. The molecule has 30 heavy (non-hydrogen) atoms. The van der Waals surface area contributed by atoms with Crippen LogP contribution in [0.25, 0.3) is 6.08 Å². The van der Waals surface area contributed by atoms with Crippen LogP contribution in [0.4, 0.5) is 5.69 Å². The highest BCUT2D eigenvalue weighted by Crippen LogP contribution is 2.33. The predicted octanol–water partition coefficient (Wildman–Crippen LogP) is 6.82. The first kappa shape index (κ1) is 24.0. The van der Waals surface area contributed by atoms with E-state index in [-0.39, 0.29) is 12.2 Å². The molecule has 0 spiro atoms. The molecule has 2 N–H and O–H groups in total. The van der Waals surface area contributed by atoms with Crippen LogP contribution in [-0.4, -0.2) is 12.6 Å². The molecule has 0 amide bonds. The Morgan fingerprint density at radius 1 is 1.10 bits per heavy atom. The van der Waals surface area contributed by atoms with Gasteiger partial charge in [0.05, 0.1) is 28.6 Å². The van der Waals surface area contributed by atoms with Gasteiger partial charge < -0.3 is 4.74 Å². The first-order chi connectivity index (χ1) is 14.1. The summed E-state index contributed by atoms with van der Waals surface area (Å²) in [6.45, 7) is 9.52. The molecule has 0 aliphatic carbocycles. The summed E-state index contributed by atoms with van der Waals surface area (Å²) >= 11 is 18.4. The Morgan fingerprint density at radius 3 is 2.27 bits per heavy atom. The van der Waals surface area contributed by atoms with Crippen molar-refractivity contribution in [3.63, 3.8) is 0 Å². The Hall–Kier alpha value is -2.24. The number of esters is 1. The number of ether oxygens (including phenoxy) is 1. The first-order valence-electron chi connectivity index (χ1n) is 9.17. The zero-order valence-electron chi connectivity index (χ0n) is 17.0. The van der Waals surface area contributed by atoms with E-state index in [2.05, 4.69) is 6.58 Å². The number of carbonyl (C=O) groups excluding carboxylic acids is 1. The molecule has 0 aliphatic heterocycles. The number of hydrogen-bond donors (Lipinski definition) is 1. The number of benzene rings is 2. The number of nitrogens with two attached hydrogens (primary N) is 1. The maximum Gasteiger partial charge on any atom is 0.337 e. The summed E-state index contributed by atoms with van der Waals surface area (Å²) in [6, 6.07) is 12.4. The van der Waals surface area contributed by atoms with E-state index in [0.717, 1.165) is 11.1 Å². The number of hydrazine groups is 1. The van der Waals surface area contributed by atoms with Gasteiger partial charge in [0, 0.05) is 10.0 Å². The van der Waals surface area contributed by atoms with Gasteiger partial charge in [-0.15, -0.1) is 0 Å². The summed E-state index contributed by atoms with van der Waals surface area (Å²) in [6.07, 6.45) is 1.93. The molecule has 2 rings (SSSR count). The smallest absolute Gasteiger partial charge is 0.337 e. The van der Waals surface area contributed by atoms with Gasteiger partial charge in [-0.25, -0.2) is 10.6 Å². The second kappa shape index (κ2) is 10.7. The number of carbonyl (C=O) groups is 1. The standard InChI is InChI=1S/C23H23Cl3N2O2/c1-5-30-23(29)16(4)15(3)22(14(2)12-17-6-8-18(24)9-7-17)28(27)21-11-10-19(25)13-20(21)26/h6-13H,4-5,27H2,1-3H3/b14-12+,22-15-. The summed E-state index contributed by atoms with van der Waals surface area (Å²) < 4.78 is 5.10. The van der Waals surface area contributed by atoms with Crippen molar-refractivity contribution >= 4 is 52.5 Å². The third-order valence-electron chi connectivity index (χ3n) is 4.37. The van der Waals surface area contributed by atoms with Crippen LogP contribution in [-0.2, 0) is 9.53 Å². The summed E-state index contributed by atoms with van der Waals surface area (Å²) in [4.78, 5) is 12.3. The molecule has 2 aromatic carbocycles. The van der Waals surface area contributed by atoms with Crippen LogP contribution in [0.5, 0.6) is 0 Å². The molecular weight excluding hydrogens is 443 g/mol. The molecule has 0 atom stereocenters. The van der Waals surface area contributed by atoms with E-state index < -0.39 is 5.97 Å². The summed E-state index contributed by atoms with van der Waals surface area (Å²) in [5.41, 5.74) is 3.55. The Morgan fingerprint density at radius 2 is 1.70 bits per heavy atom. The molecule has 0 bridgehead atoms. The Kier molecular flexibility index (Phi) is 8.56. The van der Waals surface area contributed by atoms with Crippen molar-refractivity contribution in [2.45, 2.75) is 20.8 Å². The minimum absolute atomic E-state index is 0.205. The number of halogens is 3. The minimum Gasteiger partial charge on any atom is -0.462 e. The first-order valence-corrected chi connectivity index (χ1v) is 10.3. The van der Waals surface area contributed by atoms with E-state index in [1.807, 2.05) is 25.1 Å². The van der Waals surface area contributed by atoms with Gasteiger partial charge in [0.2, 0.25) is 0 Å². The van der Waals surface area contributed by atoms with Crippen LogP contribution in [0, 0.1) is 0 Å². The van der Waals surface area contributed by atoms with Gasteiger partial charge in [-0.05, 0) is 73.9 Å². The predicted molar refractivity (Wildman–Crippen MR) is 127 cm³/mol. The van der Waals surface area contributed by atoms with E-state index >= 15 is 0 Å². The summed E-state index contributed by atoms with van der Waals surface area (Å²) in [5, 5.41) is 2.92. The molecule has 0 saturated heterocycles. The quantitative estimate of drug-likeness (QED) is 0.160. The second-order valence-electron chi connectivity index (χ2n) is 6.52. The molecule has 0 heterocycles. The number of allylic oxidation sites excluding steroid dienone is 1. The largest absolute Gasteiger partial charge is 0.462 e. The monoisotopic (exact) mass is 464 g/mol. The lowest BCUT2D eigenvalue weighted by Gasteiger charge is -2.26. The zero-order chi connectivity index (χ0) is 22.4. The van der Waals surface area contributed by atoms with Crippen molar-refractivity contribution in [2.75, 3.05) is 11.6 Å². The normalized spacial score (nSPS) is 12.3. The number of anilines is 1. The second-order valence-corrected chi connectivity index (χ2v) is 7.80. The summed E-state index contributed by atoms with van der Waals surface area (Å²) in [7, 11) is 0. The molecule has 0 radical (unpaired) electrons. The molecule has 0 saturated carbocycles. The van der Waals surface area contributed by atoms with Gasteiger partial charge in [-0.3, -0.25) is 5.01 Å². The average Bonchev–Trinajstić information content (AvgIpc) is 2.69. The van der Waals surface area contributed by atoms with Crippen molar-refractivity contribution in [1.29, 1.82) is 0 Å². The summed E-state index contributed by atoms with van der Waals surface area (Å²) in [5.74, 6) is 5.96.